The molecule has 0 aromatic heterocycles. The van der Waals surface area contributed by atoms with E-state index in [0.717, 1.165) is 11.3 Å². The van der Waals surface area contributed by atoms with Crippen LogP contribution in [0.15, 0.2) is 24.3 Å². The van der Waals surface area contributed by atoms with Crippen molar-refractivity contribution in [1.29, 1.82) is 0 Å². The van der Waals surface area contributed by atoms with E-state index in [0.29, 0.717) is 25.3 Å². The van der Waals surface area contributed by atoms with Gasteiger partial charge in [0.2, 0.25) is 5.91 Å². The summed E-state index contributed by atoms with van der Waals surface area (Å²) in [6.07, 6.45) is 0.411. The van der Waals surface area contributed by atoms with E-state index < -0.39 is 0 Å². The molecule has 1 aromatic rings. The van der Waals surface area contributed by atoms with Crippen LogP contribution >= 0.6 is 11.8 Å². The van der Waals surface area contributed by atoms with E-state index in [1.165, 1.54) is 18.9 Å². The van der Waals surface area contributed by atoms with Crippen molar-refractivity contribution in [3.8, 4) is 5.75 Å². The Balaban J connectivity index is 1.89. The van der Waals surface area contributed by atoms with Gasteiger partial charge in [-0.3, -0.25) is 9.59 Å². The number of hydrogen-bond acceptors (Lipinski definition) is 5. The largest absolute Gasteiger partial charge is 0.491 e. The summed E-state index contributed by atoms with van der Waals surface area (Å²) in [5.74, 6) is 1.57. The number of esters is 1. The molecule has 0 spiro atoms. The molecule has 0 fully saturated rings. The van der Waals surface area contributed by atoms with Crippen molar-refractivity contribution in [3.63, 3.8) is 0 Å². The second-order valence-corrected chi connectivity index (χ2v) is 6.27. The molecule has 1 aliphatic rings. The van der Waals surface area contributed by atoms with Gasteiger partial charge in [0.1, 0.15) is 12.4 Å². The highest BCUT2D eigenvalue weighted by molar-refractivity contribution is 7.99. The molecule has 0 saturated heterocycles. The van der Waals surface area contributed by atoms with Gasteiger partial charge in [0, 0.05) is 24.3 Å². The summed E-state index contributed by atoms with van der Waals surface area (Å²) in [7, 11) is 1.37. The first-order valence-electron chi connectivity index (χ1n) is 7.26. The first kappa shape index (κ1) is 16.7. The number of para-hydroxylation sites is 1. The van der Waals surface area contributed by atoms with Crippen LogP contribution < -0.4 is 4.74 Å². The summed E-state index contributed by atoms with van der Waals surface area (Å²) in [4.78, 5) is 25.3. The number of amides is 1. The molecule has 1 aromatic carbocycles. The summed E-state index contributed by atoms with van der Waals surface area (Å²) in [5.41, 5.74) is 1.03. The van der Waals surface area contributed by atoms with Crippen molar-refractivity contribution in [2.24, 2.45) is 0 Å². The van der Waals surface area contributed by atoms with E-state index in [1.807, 2.05) is 36.1 Å². The van der Waals surface area contributed by atoms with Crippen LogP contribution in [0.3, 0.4) is 0 Å². The molecule has 0 radical (unpaired) electrons. The van der Waals surface area contributed by atoms with E-state index in [4.69, 9.17) is 4.74 Å². The van der Waals surface area contributed by atoms with Gasteiger partial charge in [0.05, 0.1) is 18.9 Å². The standard InChI is InChI=1S/C16H21NO4S/c1-12-10-21-14-6-4-3-5-13(14)9-17(12)15(18)7-8-22-11-16(19)20-2/h3-6,12H,7-11H2,1-2H3/t12-/m0/s1. The Kier molecular flexibility index (Phi) is 6.12. The lowest BCUT2D eigenvalue weighted by Gasteiger charge is -2.26. The number of rotatable bonds is 5. The van der Waals surface area contributed by atoms with Gasteiger partial charge in [0.25, 0.3) is 0 Å². The minimum Gasteiger partial charge on any atom is -0.491 e. The monoisotopic (exact) mass is 323 g/mol. The predicted octanol–water partition coefficient (Wildman–Crippen LogP) is 2.09. The number of benzene rings is 1. The van der Waals surface area contributed by atoms with Crippen molar-refractivity contribution >= 4 is 23.6 Å². The van der Waals surface area contributed by atoms with E-state index in [9.17, 15) is 9.59 Å². The average molecular weight is 323 g/mol. The number of hydrogen-bond donors (Lipinski definition) is 0. The van der Waals surface area contributed by atoms with Crippen molar-refractivity contribution in [2.75, 3.05) is 25.2 Å². The molecule has 22 heavy (non-hydrogen) atoms. The number of thioether (sulfide) groups is 1. The van der Waals surface area contributed by atoms with Crippen LogP contribution in [0.2, 0.25) is 0 Å². The number of ether oxygens (including phenoxy) is 2. The average Bonchev–Trinajstić information content (AvgIpc) is 2.70. The predicted molar refractivity (Wildman–Crippen MR) is 85.9 cm³/mol. The minimum atomic E-state index is -0.261. The zero-order valence-corrected chi connectivity index (χ0v) is 13.7. The van der Waals surface area contributed by atoms with Gasteiger partial charge in [-0.25, -0.2) is 0 Å². The maximum absolute atomic E-state index is 12.4. The van der Waals surface area contributed by atoms with E-state index in [2.05, 4.69) is 4.74 Å². The van der Waals surface area contributed by atoms with Crippen LogP contribution in [0.25, 0.3) is 0 Å². The molecule has 5 nitrogen and oxygen atoms in total. The molecule has 1 amide bonds. The fourth-order valence-electron chi connectivity index (χ4n) is 2.27. The van der Waals surface area contributed by atoms with Gasteiger partial charge in [-0.1, -0.05) is 18.2 Å². The van der Waals surface area contributed by atoms with Gasteiger partial charge in [-0.2, -0.15) is 0 Å². The molecule has 0 unspecified atom stereocenters. The summed E-state index contributed by atoms with van der Waals surface area (Å²) < 4.78 is 10.3. The van der Waals surface area contributed by atoms with Crippen LogP contribution in [0, 0.1) is 0 Å². The highest BCUT2D eigenvalue weighted by atomic mass is 32.2. The molecule has 1 aliphatic heterocycles. The highest BCUT2D eigenvalue weighted by Gasteiger charge is 2.25. The molecule has 1 atom stereocenters. The second-order valence-electron chi connectivity index (χ2n) is 5.17. The molecule has 0 N–H and O–H groups in total. The second kappa shape index (κ2) is 8.08. The molecule has 2 rings (SSSR count). The first-order chi connectivity index (χ1) is 10.6. The van der Waals surface area contributed by atoms with Gasteiger partial charge >= 0.3 is 5.97 Å². The van der Waals surface area contributed by atoms with Gasteiger partial charge < -0.3 is 14.4 Å². The molecule has 0 aliphatic carbocycles. The van der Waals surface area contributed by atoms with Crippen LogP contribution in [-0.4, -0.2) is 48.0 Å². The maximum atomic E-state index is 12.4. The molecule has 1 heterocycles. The SMILES string of the molecule is COC(=O)CSCCC(=O)N1Cc2ccccc2OC[C@@H]1C. The minimum absolute atomic E-state index is 0.0329. The van der Waals surface area contributed by atoms with E-state index in [1.54, 1.807) is 0 Å². The van der Waals surface area contributed by atoms with Crippen molar-refractivity contribution in [2.45, 2.75) is 25.9 Å². The van der Waals surface area contributed by atoms with Gasteiger partial charge in [-0.05, 0) is 13.0 Å². The molecular formula is C16H21NO4S. The Morgan fingerprint density at radius 1 is 1.41 bits per heavy atom. The number of fused-ring (bicyclic) bond motifs is 1. The molecule has 0 saturated carbocycles. The van der Waals surface area contributed by atoms with Crippen LogP contribution in [0.4, 0.5) is 0 Å². The zero-order chi connectivity index (χ0) is 15.9. The summed E-state index contributed by atoms with van der Waals surface area (Å²) in [6, 6.07) is 7.84. The fraction of sp³-hybridized carbons (Fsp3) is 0.500. The van der Waals surface area contributed by atoms with Gasteiger partial charge in [-0.15, -0.1) is 11.8 Å². The van der Waals surface area contributed by atoms with Crippen LogP contribution in [0.5, 0.6) is 5.75 Å². The smallest absolute Gasteiger partial charge is 0.315 e. The van der Waals surface area contributed by atoms with E-state index >= 15 is 0 Å². The summed E-state index contributed by atoms with van der Waals surface area (Å²) in [6.45, 7) is 3.06. The first-order valence-corrected chi connectivity index (χ1v) is 8.42. The third-order valence-corrected chi connectivity index (χ3v) is 4.49. The third-order valence-electron chi connectivity index (χ3n) is 3.55. The van der Waals surface area contributed by atoms with Crippen molar-refractivity contribution in [1.82, 2.24) is 4.90 Å². The third kappa shape index (κ3) is 4.40. The molecule has 0 bridgehead atoms. The van der Waals surface area contributed by atoms with Crippen molar-refractivity contribution in [3.05, 3.63) is 29.8 Å². The summed E-state index contributed by atoms with van der Waals surface area (Å²) >= 11 is 1.42. The Hall–Kier alpha value is -1.69. The quantitative estimate of drug-likeness (QED) is 0.613. The number of carbonyl (C=O) groups is 2. The number of carbonyl (C=O) groups excluding carboxylic acids is 2. The van der Waals surface area contributed by atoms with Crippen molar-refractivity contribution < 1.29 is 19.1 Å². The Morgan fingerprint density at radius 3 is 2.95 bits per heavy atom. The summed E-state index contributed by atoms with van der Waals surface area (Å²) in [5, 5.41) is 0. The lowest BCUT2D eigenvalue weighted by Crippen LogP contribution is -2.40. The zero-order valence-electron chi connectivity index (χ0n) is 12.9. The molecular weight excluding hydrogens is 302 g/mol. The van der Waals surface area contributed by atoms with Gasteiger partial charge in [0.15, 0.2) is 0 Å². The molecule has 120 valence electrons. The van der Waals surface area contributed by atoms with Crippen LogP contribution in [0.1, 0.15) is 18.9 Å². The number of methoxy groups -OCH3 is 1. The lowest BCUT2D eigenvalue weighted by atomic mass is 10.1. The highest BCUT2D eigenvalue weighted by Crippen LogP contribution is 2.25. The normalized spacial score (nSPS) is 17.2. The van der Waals surface area contributed by atoms with Crippen LogP contribution in [-0.2, 0) is 20.9 Å². The lowest BCUT2D eigenvalue weighted by molar-refractivity contribution is -0.137. The Labute approximate surface area is 135 Å². The Bertz CT molecular complexity index is 535. The maximum Gasteiger partial charge on any atom is 0.315 e. The fourth-order valence-corrected chi connectivity index (χ4v) is 3.01. The number of nitrogens with zero attached hydrogens (tertiary/aromatic N) is 1. The van der Waals surface area contributed by atoms with E-state index in [-0.39, 0.29) is 23.7 Å². The Morgan fingerprint density at radius 2 is 2.18 bits per heavy atom. The topological polar surface area (TPSA) is 55.8 Å². The molecule has 6 heteroatoms.